The molecular weight excluding hydrogens is 568 g/mol. The number of amides is 3. The van der Waals surface area contributed by atoms with E-state index in [0.29, 0.717) is 5.57 Å². The number of nitrogens with two attached hydrogens (primary N) is 1. The van der Waals surface area contributed by atoms with Gasteiger partial charge >= 0.3 is 12.1 Å². The fourth-order valence-electron chi connectivity index (χ4n) is 3.74. The van der Waals surface area contributed by atoms with Gasteiger partial charge in [-0.2, -0.15) is 0 Å². The van der Waals surface area contributed by atoms with E-state index in [4.69, 9.17) is 15.3 Å². The number of allylic oxidation sites excluding steroid dienone is 1. The SMILES string of the molecule is CO/N=C(\C(=O)NC1C(=O)N2C(C(=O)O)=C(/C=C/COC(=O)Nc3ccc(O)c(O)c3)CS[C@@H]12)c1csc(N)n1. The first-order chi connectivity index (χ1) is 19.1. The molecule has 40 heavy (non-hydrogen) atoms. The molecule has 3 heterocycles. The number of thiazole rings is 1. The van der Waals surface area contributed by atoms with Gasteiger partial charge in [-0.3, -0.25) is 19.8 Å². The zero-order valence-corrected chi connectivity index (χ0v) is 22.2. The average Bonchev–Trinajstić information content (AvgIpc) is 3.35. The summed E-state index contributed by atoms with van der Waals surface area (Å²) in [7, 11) is 1.24. The molecule has 0 radical (unpaired) electrons. The normalized spacial score (nSPS) is 18.7. The Morgan fingerprint density at radius 1 is 1.30 bits per heavy atom. The van der Waals surface area contributed by atoms with Crippen molar-refractivity contribution in [1.82, 2.24) is 15.2 Å². The number of hydrogen-bond donors (Lipinski definition) is 6. The van der Waals surface area contributed by atoms with Gasteiger partial charge < -0.3 is 35.9 Å². The number of carboxylic acid groups (broad SMARTS) is 1. The molecule has 2 aliphatic heterocycles. The number of aromatic nitrogens is 1. The number of nitrogens with zero attached hydrogens (tertiary/aromatic N) is 3. The zero-order chi connectivity index (χ0) is 29.0. The highest BCUT2D eigenvalue weighted by atomic mass is 32.2. The fraction of sp³-hybridized carbons (Fsp3) is 0.217. The topological polar surface area (TPSA) is 226 Å². The molecule has 210 valence electrons. The van der Waals surface area contributed by atoms with Crippen LogP contribution in [-0.2, 0) is 24.0 Å². The molecule has 0 saturated carbocycles. The molecule has 17 heteroatoms. The third-order valence-electron chi connectivity index (χ3n) is 5.50. The monoisotopic (exact) mass is 590 g/mol. The second kappa shape index (κ2) is 12.0. The molecule has 2 atom stereocenters. The number of carboxylic acids is 1. The number of benzene rings is 1. The third-order valence-corrected chi connectivity index (χ3v) is 7.48. The minimum Gasteiger partial charge on any atom is -0.504 e. The lowest BCUT2D eigenvalue weighted by Crippen LogP contribution is -2.71. The van der Waals surface area contributed by atoms with Gasteiger partial charge in [-0.15, -0.1) is 23.1 Å². The Bertz CT molecular complexity index is 1450. The number of nitrogen functional groups attached to an aromatic ring is 1. The van der Waals surface area contributed by atoms with E-state index >= 15 is 0 Å². The molecule has 1 aromatic heterocycles. The Hall–Kier alpha value is -4.77. The number of hydrogen-bond acceptors (Lipinski definition) is 13. The van der Waals surface area contributed by atoms with Gasteiger partial charge in [0.2, 0.25) is 0 Å². The van der Waals surface area contributed by atoms with Crippen LogP contribution in [-0.4, -0.2) is 85.7 Å². The maximum atomic E-state index is 12.9. The van der Waals surface area contributed by atoms with Crippen LogP contribution in [0.1, 0.15) is 5.69 Å². The van der Waals surface area contributed by atoms with Crippen molar-refractivity contribution < 1.29 is 44.1 Å². The minimum atomic E-state index is -1.34. The van der Waals surface area contributed by atoms with Crippen LogP contribution in [0.5, 0.6) is 11.5 Å². The number of aliphatic carboxylic acids is 1. The number of aromatic hydroxyl groups is 2. The summed E-state index contributed by atoms with van der Waals surface area (Å²) in [5, 5.41) is 38.2. The van der Waals surface area contributed by atoms with Crippen molar-refractivity contribution in [3.8, 4) is 11.5 Å². The largest absolute Gasteiger partial charge is 0.504 e. The first kappa shape index (κ1) is 28.2. The number of phenolic OH excluding ortho intramolecular Hbond substituents is 2. The number of β-lactam (4-membered cyclic amide) rings is 1. The summed E-state index contributed by atoms with van der Waals surface area (Å²) in [5.41, 5.74) is 5.83. The lowest BCUT2D eigenvalue weighted by atomic mass is 10.0. The van der Waals surface area contributed by atoms with Crippen LogP contribution in [0, 0.1) is 0 Å². The van der Waals surface area contributed by atoms with E-state index in [-0.39, 0.29) is 46.0 Å². The molecular formula is C23H22N6O9S2. The van der Waals surface area contributed by atoms with Gasteiger partial charge in [-0.25, -0.2) is 14.6 Å². The molecule has 4 rings (SSSR count). The number of oxime groups is 1. The Labute approximate surface area is 233 Å². The second-order valence-corrected chi connectivity index (χ2v) is 10.1. The minimum absolute atomic E-state index is 0.164. The van der Waals surface area contributed by atoms with Crippen molar-refractivity contribution in [1.29, 1.82) is 0 Å². The van der Waals surface area contributed by atoms with Crippen molar-refractivity contribution >= 4 is 63.5 Å². The zero-order valence-electron chi connectivity index (χ0n) is 20.6. The van der Waals surface area contributed by atoms with Gasteiger partial charge in [-0.05, 0) is 23.8 Å². The fourth-order valence-corrected chi connectivity index (χ4v) is 5.61. The molecule has 2 aromatic rings. The van der Waals surface area contributed by atoms with Crippen LogP contribution in [0.4, 0.5) is 15.6 Å². The summed E-state index contributed by atoms with van der Waals surface area (Å²) in [6, 6.07) is 2.66. The number of ether oxygens (including phenoxy) is 1. The molecule has 1 aromatic carbocycles. The summed E-state index contributed by atoms with van der Waals surface area (Å²) in [6.07, 6.45) is 1.99. The predicted molar refractivity (Wildman–Crippen MR) is 144 cm³/mol. The van der Waals surface area contributed by atoms with E-state index in [0.717, 1.165) is 22.3 Å². The van der Waals surface area contributed by atoms with Gasteiger partial charge in [0, 0.05) is 22.9 Å². The van der Waals surface area contributed by atoms with E-state index in [1.807, 2.05) is 0 Å². The second-order valence-electron chi connectivity index (χ2n) is 8.06. The van der Waals surface area contributed by atoms with E-state index in [1.165, 1.54) is 48.5 Å². The van der Waals surface area contributed by atoms with E-state index in [1.54, 1.807) is 0 Å². The Morgan fingerprint density at radius 2 is 2.08 bits per heavy atom. The molecule has 1 unspecified atom stereocenters. The van der Waals surface area contributed by atoms with Crippen molar-refractivity contribution in [3.63, 3.8) is 0 Å². The summed E-state index contributed by atoms with van der Waals surface area (Å²) < 4.78 is 5.01. The predicted octanol–water partition coefficient (Wildman–Crippen LogP) is 1.03. The third kappa shape index (κ3) is 5.94. The van der Waals surface area contributed by atoms with Crippen molar-refractivity contribution in [2.45, 2.75) is 11.4 Å². The maximum absolute atomic E-state index is 12.9. The molecule has 0 spiro atoms. The van der Waals surface area contributed by atoms with Crippen LogP contribution in [0.25, 0.3) is 0 Å². The van der Waals surface area contributed by atoms with Gasteiger partial charge in [0.05, 0.1) is 0 Å². The number of anilines is 2. The maximum Gasteiger partial charge on any atom is 0.411 e. The Balaban J connectivity index is 1.38. The van der Waals surface area contributed by atoms with Gasteiger partial charge in [-0.1, -0.05) is 11.2 Å². The Kier molecular flexibility index (Phi) is 8.44. The highest BCUT2D eigenvalue weighted by molar-refractivity contribution is 8.00. The van der Waals surface area contributed by atoms with Crippen LogP contribution in [0.3, 0.4) is 0 Å². The lowest BCUT2D eigenvalue weighted by molar-refractivity contribution is -0.150. The smallest absolute Gasteiger partial charge is 0.411 e. The van der Waals surface area contributed by atoms with Crippen LogP contribution in [0.2, 0.25) is 0 Å². The number of fused-ring (bicyclic) bond motifs is 1. The van der Waals surface area contributed by atoms with Crippen LogP contribution in [0.15, 0.2) is 52.2 Å². The number of nitrogens with one attached hydrogen (secondary N) is 2. The molecule has 2 aliphatic rings. The molecule has 1 fully saturated rings. The Morgan fingerprint density at radius 3 is 2.73 bits per heavy atom. The van der Waals surface area contributed by atoms with Crippen LogP contribution >= 0.6 is 23.1 Å². The van der Waals surface area contributed by atoms with E-state index in [9.17, 15) is 34.5 Å². The summed E-state index contributed by atoms with van der Waals surface area (Å²) in [6.45, 7) is -0.226. The molecule has 1 saturated heterocycles. The molecule has 0 bridgehead atoms. The molecule has 15 nitrogen and oxygen atoms in total. The highest BCUT2D eigenvalue weighted by Crippen LogP contribution is 2.40. The lowest BCUT2D eigenvalue weighted by Gasteiger charge is -2.49. The van der Waals surface area contributed by atoms with Gasteiger partial charge in [0.15, 0.2) is 22.3 Å². The summed E-state index contributed by atoms with van der Waals surface area (Å²) in [4.78, 5) is 59.5. The molecule has 3 amide bonds. The van der Waals surface area contributed by atoms with E-state index < -0.39 is 41.0 Å². The summed E-state index contributed by atoms with van der Waals surface area (Å²) in [5.74, 6) is -3.29. The quantitative estimate of drug-likeness (QED) is 0.0791. The highest BCUT2D eigenvalue weighted by Gasteiger charge is 2.54. The number of carbonyl (C=O) groups is 4. The number of thioether (sulfide) groups is 1. The average molecular weight is 591 g/mol. The van der Waals surface area contributed by atoms with Gasteiger partial charge in [0.1, 0.15) is 36.5 Å². The molecule has 0 aliphatic carbocycles. The first-order valence-corrected chi connectivity index (χ1v) is 13.2. The summed E-state index contributed by atoms with van der Waals surface area (Å²) >= 11 is 2.33. The number of carbonyl (C=O) groups excluding carboxylic acids is 3. The van der Waals surface area contributed by atoms with Gasteiger partial charge in [0.25, 0.3) is 11.8 Å². The van der Waals surface area contributed by atoms with Crippen molar-refractivity contribution in [3.05, 3.63) is 52.7 Å². The first-order valence-electron chi connectivity index (χ1n) is 11.3. The number of rotatable bonds is 9. The van der Waals surface area contributed by atoms with Crippen LogP contribution < -0.4 is 16.4 Å². The van der Waals surface area contributed by atoms with Crippen molar-refractivity contribution in [2.75, 3.05) is 30.5 Å². The standard InChI is InChI=1S/C23H22N6O9S2/c1-37-28-15(12-9-40-22(24)26-12)18(32)27-16-19(33)29-17(21(34)35)10(8-39-20(16)29)3-2-6-38-23(36)25-11-4-5-13(30)14(31)7-11/h2-5,7,9,16,20,30-31H,6,8H2,1H3,(H2,24,26)(H,25,36)(H,27,32)(H,34,35)/b3-2+,28-15-/t16?,20-/m0/s1. The number of phenols is 2. The van der Waals surface area contributed by atoms with E-state index in [2.05, 4.69) is 20.8 Å². The molecule has 7 N–H and O–H groups in total. The van der Waals surface area contributed by atoms with Crippen molar-refractivity contribution in [2.24, 2.45) is 5.16 Å².